The SMILES string of the molecule is COc1ccc(C(C)=C(C#N)c2nc3ccccc3[nH]2)cc1. The van der Waals surface area contributed by atoms with Crippen molar-refractivity contribution < 1.29 is 4.74 Å². The number of aromatic nitrogens is 2. The predicted molar refractivity (Wildman–Crippen MR) is 87.2 cm³/mol. The number of hydrogen-bond donors (Lipinski definition) is 1. The van der Waals surface area contributed by atoms with E-state index in [1.54, 1.807) is 7.11 Å². The molecule has 4 heteroatoms. The number of para-hydroxylation sites is 2. The number of nitrogens with one attached hydrogen (secondary N) is 1. The van der Waals surface area contributed by atoms with Crippen LogP contribution in [0.5, 0.6) is 5.75 Å². The smallest absolute Gasteiger partial charge is 0.149 e. The third-order valence-corrected chi connectivity index (χ3v) is 3.64. The van der Waals surface area contributed by atoms with Gasteiger partial charge < -0.3 is 9.72 Å². The molecule has 1 N–H and O–H groups in total. The summed E-state index contributed by atoms with van der Waals surface area (Å²) in [6.07, 6.45) is 0. The van der Waals surface area contributed by atoms with E-state index in [0.29, 0.717) is 11.4 Å². The number of nitriles is 1. The Bertz CT molecular complexity index is 850. The summed E-state index contributed by atoms with van der Waals surface area (Å²) in [6, 6.07) is 17.6. The van der Waals surface area contributed by atoms with E-state index in [1.807, 2.05) is 55.5 Å². The Morgan fingerprint density at radius 2 is 1.86 bits per heavy atom. The number of imidazole rings is 1. The van der Waals surface area contributed by atoms with E-state index in [9.17, 15) is 5.26 Å². The molecule has 2 aromatic carbocycles. The van der Waals surface area contributed by atoms with Gasteiger partial charge >= 0.3 is 0 Å². The largest absolute Gasteiger partial charge is 0.497 e. The minimum absolute atomic E-state index is 0.543. The third kappa shape index (κ3) is 2.45. The number of fused-ring (bicyclic) bond motifs is 1. The van der Waals surface area contributed by atoms with E-state index in [0.717, 1.165) is 27.9 Å². The fourth-order valence-electron chi connectivity index (χ4n) is 2.37. The van der Waals surface area contributed by atoms with Crippen LogP contribution in [0.15, 0.2) is 48.5 Å². The van der Waals surface area contributed by atoms with Crippen LogP contribution in [0.4, 0.5) is 0 Å². The first kappa shape index (κ1) is 13.9. The first-order valence-corrected chi connectivity index (χ1v) is 6.93. The number of aromatic amines is 1. The normalized spacial score (nSPS) is 11.9. The van der Waals surface area contributed by atoms with Crippen molar-refractivity contribution in [2.75, 3.05) is 7.11 Å². The topological polar surface area (TPSA) is 61.7 Å². The van der Waals surface area contributed by atoms with Crippen molar-refractivity contribution in [1.82, 2.24) is 9.97 Å². The molecule has 1 heterocycles. The molecule has 0 bridgehead atoms. The van der Waals surface area contributed by atoms with Gasteiger partial charge in [-0.15, -0.1) is 0 Å². The maximum Gasteiger partial charge on any atom is 0.149 e. The molecule has 0 saturated heterocycles. The fraction of sp³-hybridized carbons (Fsp3) is 0.111. The first-order chi connectivity index (χ1) is 10.7. The van der Waals surface area contributed by atoms with Crippen LogP contribution in [0.2, 0.25) is 0 Å². The van der Waals surface area contributed by atoms with Gasteiger partial charge in [0.15, 0.2) is 0 Å². The van der Waals surface area contributed by atoms with Crippen molar-refractivity contribution in [2.24, 2.45) is 0 Å². The molecular formula is C18H15N3O. The van der Waals surface area contributed by atoms with Crippen molar-refractivity contribution in [2.45, 2.75) is 6.92 Å². The Labute approximate surface area is 128 Å². The molecule has 0 saturated carbocycles. The molecule has 0 unspecified atom stereocenters. The van der Waals surface area contributed by atoms with Gasteiger partial charge in [-0.25, -0.2) is 4.98 Å². The molecule has 22 heavy (non-hydrogen) atoms. The van der Waals surface area contributed by atoms with Crippen LogP contribution in [0, 0.1) is 11.3 Å². The minimum Gasteiger partial charge on any atom is -0.497 e. The summed E-state index contributed by atoms with van der Waals surface area (Å²) < 4.78 is 5.16. The number of hydrogen-bond acceptors (Lipinski definition) is 3. The van der Waals surface area contributed by atoms with E-state index < -0.39 is 0 Å². The molecule has 3 aromatic rings. The third-order valence-electron chi connectivity index (χ3n) is 3.64. The highest BCUT2D eigenvalue weighted by molar-refractivity contribution is 5.96. The van der Waals surface area contributed by atoms with E-state index in [1.165, 1.54) is 0 Å². The van der Waals surface area contributed by atoms with E-state index in [4.69, 9.17) is 4.74 Å². The number of H-pyrrole nitrogens is 1. The second kappa shape index (κ2) is 5.74. The molecule has 0 aliphatic rings. The summed E-state index contributed by atoms with van der Waals surface area (Å²) in [7, 11) is 1.63. The molecule has 0 aliphatic heterocycles. The number of rotatable bonds is 3. The molecular weight excluding hydrogens is 274 g/mol. The van der Waals surface area contributed by atoms with Gasteiger partial charge in [0, 0.05) is 0 Å². The van der Waals surface area contributed by atoms with E-state index in [2.05, 4.69) is 16.0 Å². The molecule has 0 spiro atoms. The zero-order valence-corrected chi connectivity index (χ0v) is 12.4. The Morgan fingerprint density at radius 3 is 2.50 bits per heavy atom. The lowest BCUT2D eigenvalue weighted by atomic mass is 10.0. The van der Waals surface area contributed by atoms with Gasteiger partial charge in [-0.05, 0) is 42.3 Å². The van der Waals surface area contributed by atoms with Crippen molar-refractivity contribution in [3.63, 3.8) is 0 Å². The lowest BCUT2D eigenvalue weighted by Gasteiger charge is -2.05. The summed E-state index contributed by atoms with van der Waals surface area (Å²) in [6.45, 7) is 1.92. The van der Waals surface area contributed by atoms with Crippen LogP contribution in [0.3, 0.4) is 0 Å². The number of allylic oxidation sites excluding steroid dienone is 2. The van der Waals surface area contributed by atoms with Crippen LogP contribution in [0.25, 0.3) is 22.2 Å². The number of methoxy groups -OCH3 is 1. The van der Waals surface area contributed by atoms with Gasteiger partial charge in [0.2, 0.25) is 0 Å². The lowest BCUT2D eigenvalue weighted by Crippen LogP contribution is -1.91. The Morgan fingerprint density at radius 1 is 1.14 bits per heavy atom. The highest BCUT2D eigenvalue weighted by atomic mass is 16.5. The summed E-state index contributed by atoms with van der Waals surface area (Å²) >= 11 is 0. The fourth-order valence-corrected chi connectivity index (χ4v) is 2.37. The zero-order valence-electron chi connectivity index (χ0n) is 12.4. The minimum atomic E-state index is 0.543. The van der Waals surface area contributed by atoms with Crippen LogP contribution >= 0.6 is 0 Å². The maximum atomic E-state index is 9.54. The van der Waals surface area contributed by atoms with Crippen LogP contribution < -0.4 is 4.74 Å². The van der Waals surface area contributed by atoms with Gasteiger partial charge in [0.25, 0.3) is 0 Å². The summed E-state index contributed by atoms with van der Waals surface area (Å²) in [5.41, 5.74) is 4.17. The lowest BCUT2D eigenvalue weighted by molar-refractivity contribution is 0.415. The Kier molecular flexibility index (Phi) is 3.63. The van der Waals surface area contributed by atoms with Gasteiger partial charge in [-0.2, -0.15) is 5.26 Å². The average molecular weight is 289 g/mol. The second-order valence-corrected chi connectivity index (χ2v) is 4.94. The highest BCUT2D eigenvalue weighted by Crippen LogP contribution is 2.26. The molecule has 1 aromatic heterocycles. The monoisotopic (exact) mass is 289 g/mol. The van der Waals surface area contributed by atoms with E-state index in [-0.39, 0.29) is 0 Å². The molecule has 0 aliphatic carbocycles. The number of benzene rings is 2. The molecule has 108 valence electrons. The molecule has 4 nitrogen and oxygen atoms in total. The summed E-state index contributed by atoms with van der Waals surface area (Å²) in [4.78, 5) is 7.71. The first-order valence-electron chi connectivity index (χ1n) is 6.93. The molecule has 0 fully saturated rings. The number of nitrogens with zero attached hydrogens (tertiary/aromatic N) is 2. The summed E-state index contributed by atoms with van der Waals surface area (Å²) in [5.74, 6) is 1.39. The quantitative estimate of drug-likeness (QED) is 0.740. The van der Waals surface area contributed by atoms with Crippen molar-refractivity contribution in [1.29, 1.82) is 5.26 Å². The van der Waals surface area contributed by atoms with Gasteiger partial charge in [-0.3, -0.25) is 0 Å². The average Bonchev–Trinajstić information content (AvgIpc) is 2.99. The van der Waals surface area contributed by atoms with Crippen LogP contribution in [0.1, 0.15) is 18.3 Å². The maximum absolute atomic E-state index is 9.54. The van der Waals surface area contributed by atoms with Crippen LogP contribution in [-0.2, 0) is 0 Å². The molecule has 0 atom stereocenters. The number of ether oxygens (including phenoxy) is 1. The van der Waals surface area contributed by atoms with Gasteiger partial charge in [-0.1, -0.05) is 24.3 Å². The molecule has 3 rings (SSSR count). The molecule has 0 amide bonds. The second-order valence-electron chi connectivity index (χ2n) is 4.94. The van der Waals surface area contributed by atoms with Gasteiger partial charge in [0.05, 0.1) is 23.7 Å². The van der Waals surface area contributed by atoms with Crippen molar-refractivity contribution >= 4 is 22.2 Å². The predicted octanol–water partition coefficient (Wildman–Crippen LogP) is 4.03. The van der Waals surface area contributed by atoms with Crippen LogP contribution in [-0.4, -0.2) is 17.1 Å². The Hall–Kier alpha value is -3.06. The van der Waals surface area contributed by atoms with Crippen molar-refractivity contribution in [3.8, 4) is 11.8 Å². The highest BCUT2D eigenvalue weighted by Gasteiger charge is 2.12. The standard InChI is InChI=1S/C18H15N3O/c1-12(13-7-9-14(22-2)10-8-13)15(11-19)18-20-16-5-3-4-6-17(16)21-18/h3-10H,1-2H3,(H,20,21). The molecule has 0 radical (unpaired) electrons. The van der Waals surface area contributed by atoms with E-state index >= 15 is 0 Å². The zero-order chi connectivity index (χ0) is 15.5. The van der Waals surface area contributed by atoms with Gasteiger partial charge in [0.1, 0.15) is 17.6 Å². The summed E-state index contributed by atoms with van der Waals surface area (Å²) in [5, 5.41) is 9.54. The Balaban J connectivity index is 2.09. The van der Waals surface area contributed by atoms with Crippen molar-refractivity contribution in [3.05, 3.63) is 59.9 Å².